The van der Waals surface area contributed by atoms with Crippen molar-refractivity contribution in [2.24, 2.45) is 5.73 Å². The summed E-state index contributed by atoms with van der Waals surface area (Å²) in [5.41, 5.74) is 9.80. The van der Waals surface area contributed by atoms with Gasteiger partial charge in [0.1, 0.15) is 6.04 Å². The maximum absolute atomic E-state index is 13.5. The van der Waals surface area contributed by atoms with Gasteiger partial charge in [-0.05, 0) is 46.9 Å². The van der Waals surface area contributed by atoms with Gasteiger partial charge in [-0.3, -0.25) is 9.59 Å². The quantitative estimate of drug-likeness (QED) is 0.383. The first-order valence-corrected chi connectivity index (χ1v) is 11.4. The minimum Gasteiger partial charge on any atom is -0.338 e. The predicted molar refractivity (Wildman–Crippen MR) is 129 cm³/mol. The highest BCUT2D eigenvalue weighted by atomic mass is 32.1. The van der Waals surface area contributed by atoms with Gasteiger partial charge in [0.2, 0.25) is 5.78 Å². The molecule has 1 aromatic heterocycles. The topological polar surface area (TPSA) is 85.1 Å². The molecule has 0 fully saturated rings. The Morgan fingerprint density at radius 3 is 2.22 bits per heavy atom. The van der Waals surface area contributed by atoms with E-state index in [9.17, 15) is 9.59 Å². The van der Waals surface area contributed by atoms with Crippen molar-refractivity contribution >= 4 is 33.2 Å². The Bertz CT molecular complexity index is 1210. The normalized spacial score (nSPS) is 12.1. The van der Waals surface area contributed by atoms with Gasteiger partial charge in [0.15, 0.2) is 5.01 Å². The lowest BCUT2D eigenvalue weighted by Crippen LogP contribution is -2.34. The Balaban J connectivity index is 1.66. The van der Waals surface area contributed by atoms with Gasteiger partial charge >= 0.3 is 0 Å². The first kappa shape index (κ1) is 21.9. The number of Topliss-reactive ketones (excluding diaryl/α,β-unsaturated/α-hetero) is 1. The fourth-order valence-electron chi connectivity index (χ4n) is 3.48. The summed E-state index contributed by atoms with van der Waals surface area (Å²) in [4.78, 5) is 31.0. The zero-order chi connectivity index (χ0) is 22.7. The fourth-order valence-corrected chi connectivity index (χ4v) is 4.42. The van der Waals surface area contributed by atoms with Gasteiger partial charge in [-0.2, -0.15) is 0 Å². The van der Waals surface area contributed by atoms with Gasteiger partial charge in [-0.15, -0.1) is 11.3 Å². The maximum Gasteiger partial charge on any atom is 0.252 e. The molecule has 0 aliphatic carbocycles. The minimum atomic E-state index is -0.848. The smallest absolute Gasteiger partial charge is 0.252 e. The number of para-hydroxylation sites is 1. The van der Waals surface area contributed by atoms with Gasteiger partial charge in [0.05, 0.1) is 10.2 Å². The van der Waals surface area contributed by atoms with Gasteiger partial charge in [0, 0.05) is 12.1 Å². The van der Waals surface area contributed by atoms with E-state index in [1.54, 1.807) is 12.1 Å². The van der Waals surface area contributed by atoms with E-state index in [-0.39, 0.29) is 11.7 Å². The van der Waals surface area contributed by atoms with Gasteiger partial charge < -0.3 is 11.1 Å². The van der Waals surface area contributed by atoms with Crippen molar-refractivity contribution in [3.05, 3.63) is 100 Å². The van der Waals surface area contributed by atoms with Crippen molar-refractivity contribution in [1.29, 1.82) is 0 Å². The van der Waals surface area contributed by atoms with Crippen LogP contribution in [0, 0.1) is 0 Å². The third-order valence-corrected chi connectivity index (χ3v) is 6.48. The van der Waals surface area contributed by atoms with Crippen LogP contribution in [0.5, 0.6) is 0 Å². The van der Waals surface area contributed by atoms with E-state index >= 15 is 0 Å². The Morgan fingerprint density at radius 1 is 0.938 bits per heavy atom. The van der Waals surface area contributed by atoms with Crippen LogP contribution in [0.25, 0.3) is 10.2 Å². The Morgan fingerprint density at radius 2 is 1.59 bits per heavy atom. The molecule has 6 heteroatoms. The number of benzene rings is 3. The number of hydrogen-bond acceptors (Lipinski definition) is 5. The first-order chi connectivity index (χ1) is 15.5. The Labute approximate surface area is 191 Å². The zero-order valence-electron chi connectivity index (χ0n) is 18.0. The zero-order valence-corrected chi connectivity index (χ0v) is 18.9. The summed E-state index contributed by atoms with van der Waals surface area (Å²) >= 11 is 1.33. The highest BCUT2D eigenvalue weighted by Crippen LogP contribution is 2.27. The lowest BCUT2D eigenvalue weighted by atomic mass is 9.99. The molecule has 0 radical (unpaired) electrons. The third-order valence-electron chi connectivity index (χ3n) is 5.43. The molecule has 0 aliphatic heterocycles. The molecule has 0 saturated carbocycles. The fraction of sp³-hybridized carbons (Fsp3) is 0.192. The van der Waals surface area contributed by atoms with E-state index in [0.29, 0.717) is 28.6 Å². The van der Waals surface area contributed by atoms with Crippen molar-refractivity contribution < 1.29 is 9.59 Å². The number of nitrogens with two attached hydrogens (primary N) is 1. The van der Waals surface area contributed by atoms with Crippen LogP contribution in [-0.2, 0) is 6.54 Å². The molecule has 0 spiro atoms. The van der Waals surface area contributed by atoms with Crippen LogP contribution in [0.3, 0.4) is 0 Å². The van der Waals surface area contributed by atoms with Crippen LogP contribution in [0.15, 0.2) is 72.8 Å². The van der Waals surface area contributed by atoms with Crippen LogP contribution >= 0.6 is 11.3 Å². The van der Waals surface area contributed by atoms with E-state index in [2.05, 4.69) is 24.1 Å². The van der Waals surface area contributed by atoms with Gasteiger partial charge in [-0.1, -0.05) is 62.4 Å². The molecule has 0 saturated heterocycles. The molecule has 5 nitrogen and oxygen atoms in total. The molecule has 4 rings (SSSR count). The van der Waals surface area contributed by atoms with E-state index in [4.69, 9.17) is 5.73 Å². The van der Waals surface area contributed by atoms with Crippen LogP contribution in [0.2, 0.25) is 0 Å². The predicted octanol–water partition coefficient (Wildman–Crippen LogP) is 5.23. The molecule has 3 aromatic carbocycles. The highest BCUT2D eigenvalue weighted by molar-refractivity contribution is 7.20. The minimum absolute atomic E-state index is 0.237. The van der Waals surface area contributed by atoms with Crippen LogP contribution in [0.1, 0.15) is 62.7 Å². The summed E-state index contributed by atoms with van der Waals surface area (Å²) in [6.07, 6.45) is 0. The van der Waals surface area contributed by atoms with Crippen LogP contribution in [0.4, 0.5) is 0 Å². The molecule has 1 heterocycles. The average molecular weight is 444 g/mol. The van der Waals surface area contributed by atoms with Crippen molar-refractivity contribution in [2.75, 3.05) is 0 Å². The molecule has 3 N–H and O–H groups in total. The number of rotatable bonds is 7. The number of nitrogens with zero attached hydrogens (tertiary/aromatic N) is 1. The van der Waals surface area contributed by atoms with Crippen molar-refractivity contribution in [3.63, 3.8) is 0 Å². The van der Waals surface area contributed by atoms with E-state index in [1.807, 2.05) is 60.7 Å². The highest BCUT2D eigenvalue weighted by Gasteiger charge is 2.27. The molecule has 162 valence electrons. The molecule has 32 heavy (non-hydrogen) atoms. The molecular formula is C26H25N3O2S. The van der Waals surface area contributed by atoms with Gasteiger partial charge in [-0.25, -0.2) is 4.98 Å². The van der Waals surface area contributed by atoms with Crippen molar-refractivity contribution in [2.45, 2.75) is 32.4 Å². The number of carbonyl (C=O) groups is 2. The molecule has 0 bridgehead atoms. The molecule has 1 amide bonds. The van der Waals surface area contributed by atoms with E-state index in [1.165, 1.54) is 11.3 Å². The number of thiazole rings is 1. The monoisotopic (exact) mass is 443 g/mol. The van der Waals surface area contributed by atoms with E-state index < -0.39 is 6.04 Å². The summed E-state index contributed by atoms with van der Waals surface area (Å²) in [6, 6.07) is 21.7. The molecule has 4 aromatic rings. The molecular weight excluding hydrogens is 418 g/mol. The second kappa shape index (κ2) is 9.42. The van der Waals surface area contributed by atoms with E-state index in [0.717, 1.165) is 21.3 Å². The number of amides is 1. The summed E-state index contributed by atoms with van der Waals surface area (Å²) < 4.78 is 0.934. The number of aromatic nitrogens is 1. The lowest BCUT2D eigenvalue weighted by molar-refractivity contribution is 0.0857. The Kier molecular flexibility index (Phi) is 6.44. The van der Waals surface area contributed by atoms with Gasteiger partial charge in [0.25, 0.3) is 5.91 Å². The summed E-state index contributed by atoms with van der Waals surface area (Å²) in [5.74, 6) is -0.164. The number of hydrogen-bond donors (Lipinski definition) is 2. The maximum atomic E-state index is 13.5. The van der Waals surface area contributed by atoms with Crippen LogP contribution < -0.4 is 11.1 Å². The third kappa shape index (κ3) is 4.61. The number of ketones is 1. The number of carbonyl (C=O) groups excluding carboxylic acids is 2. The summed E-state index contributed by atoms with van der Waals surface area (Å²) in [6.45, 7) is 4.62. The average Bonchev–Trinajstić information content (AvgIpc) is 3.26. The summed E-state index contributed by atoms with van der Waals surface area (Å²) in [5, 5.41) is 3.30. The SMILES string of the molecule is CC(C)c1ccc(C(=O)NC(C(=O)c2nc3ccccc3s2)c2ccc(CN)cc2)cc1. The molecule has 1 unspecified atom stereocenters. The largest absolute Gasteiger partial charge is 0.338 e. The number of fused-ring (bicyclic) bond motifs is 1. The summed E-state index contributed by atoms with van der Waals surface area (Å²) in [7, 11) is 0. The first-order valence-electron chi connectivity index (χ1n) is 10.6. The second-order valence-corrected chi connectivity index (χ2v) is 9.01. The second-order valence-electron chi connectivity index (χ2n) is 7.98. The molecule has 1 atom stereocenters. The van der Waals surface area contributed by atoms with Crippen LogP contribution in [-0.4, -0.2) is 16.7 Å². The lowest BCUT2D eigenvalue weighted by Gasteiger charge is -2.18. The van der Waals surface area contributed by atoms with Crippen molar-refractivity contribution in [3.8, 4) is 0 Å². The standard InChI is InChI=1S/C26H25N3O2S/c1-16(2)18-11-13-20(14-12-18)25(31)29-23(19-9-7-17(15-27)8-10-19)24(30)26-28-21-5-3-4-6-22(21)32-26/h3-14,16,23H,15,27H2,1-2H3,(H,29,31). The Hall–Kier alpha value is -3.35. The van der Waals surface area contributed by atoms with Crippen molar-refractivity contribution in [1.82, 2.24) is 10.3 Å². The molecule has 0 aliphatic rings. The number of nitrogens with one attached hydrogen (secondary N) is 1.